The highest BCUT2D eigenvalue weighted by atomic mass is 32.2. The average Bonchev–Trinajstić information content (AvgIpc) is 2.32. The number of carbonyl (C=O) groups excluding carboxylic acids is 1. The molecule has 0 bridgehead atoms. The number of thioether (sulfide) groups is 1. The smallest absolute Gasteiger partial charge is 0.389 e. The van der Waals surface area contributed by atoms with Crippen LogP contribution in [0.5, 0.6) is 0 Å². The standard InChI is InChI=1S/C14H25F3O2S/c1-3-5-13(18)19-9-11-20-10-7-12(2)6-4-8-14(15,16)17/h12H,3-11H2,1-2H3. The highest BCUT2D eigenvalue weighted by Crippen LogP contribution is 2.24. The van der Waals surface area contributed by atoms with Gasteiger partial charge in [0.2, 0.25) is 0 Å². The van der Waals surface area contributed by atoms with Gasteiger partial charge in [-0.1, -0.05) is 20.3 Å². The van der Waals surface area contributed by atoms with Crippen LogP contribution in [0, 0.1) is 5.92 Å². The molecular formula is C14H25F3O2S. The quantitative estimate of drug-likeness (QED) is 0.404. The summed E-state index contributed by atoms with van der Waals surface area (Å²) in [6.45, 7) is 4.33. The number of halogens is 3. The fourth-order valence-electron chi connectivity index (χ4n) is 1.67. The summed E-state index contributed by atoms with van der Waals surface area (Å²) in [4.78, 5) is 11.1. The van der Waals surface area contributed by atoms with Crippen LogP contribution in [-0.2, 0) is 9.53 Å². The number of ether oxygens (including phenoxy) is 1. The molecule has 0 N–H and O–H groups in total. The van der Waals surface area contributed by atoms with Crippen molar-refractivity contribution >= 4 is 17.7 Å². The molecule has 0 fully saturated rings. The lowest BCUT2D eigenvalue weighted by Gasteiger charge is -2.12. The first kappa shape index (κ1) is 19.6. The Morgan fingerprint density at radius 3 is 2.55 bits per heavy atom. The van der Waals surface area contributed by atoms with Crippen LogP contribution < -0.4 is 0 Å². The molecule has 0 heterocycles. The number of carbonyl (C=O) groups is 1. The molecule has 0 rings (SSSR count). The Hall–Kier alpha value is -0.390. The minimum absolute atomic E-state index is 0.159. The molecule has 1 unspecified atom stereocenters. The van der Waals surface area contributed by atoms with Gasteiger partial charge in [0.05, 0.1) is 0 Å². The third-order valence-corrected chi connectivity index (χ3v) is 3.84. The molecule has 0 aliphatic heterocycles. The molecule has 2 nitrogen and oxygen atoms in total. The van der Waals surface area contributed by atoms with E-state index < -0.39 is 12.6 Å². The van der Waals surface area contributed by atoms with E-state index in [0.717, 1.165) is 24.3 Å². The Labute approximate surface area is 123 Å². The Morgan fingerprint density at radius 1 is 1.25 bits per heavy atom. The first-order chi connectivity index (χ1) is 9.35. The molecule has 0 saturated heterocycles. The van der Waals surface area contributed by atoms with Gasteiger partial charge in [-0.2, -0.15) is 24.9 Å². The Balaban J connectivity index is 3.35. The molecule has 6 heteroatoms. The summed E-state index contributed by atoms with van der Waals surface area (Å²) in [5.74, 6) is 1.81. The molecule has 120 valence electrons. The van der Waals surface area contributed by atoms with Crippen LogP contribution in [-0.4, -0.2) is 30.3 Å². The fourth-order valence-corrected chi connectivity index (χ4v) is 2.65. The minimum atomic E-state index is -4.03. The van der Waals surface area contributed by atoms with E-state index in [1.165, 1.54) is 0 Å². The van der Waals surface area contributed by atoms with Gasteiger partial charge in [-0.05, 0) is 30.9 Å². The number of rotatable bonds is 11. The summed E-state index contributed by atoms with van der Waals surface area (Å²) < 4.78 is 40.9. The molecule has 0 spiro atoms. The van der Waals surface area contributed by atoms with Crippen molar-refractivity contribution in [2.24, 2.45) is 5.92 Å². The van der Waals surface area contributed by atoms with Crippen molar-refractivity contribution in [1.82, 2.24) is 0 Å². The Bertz CT molecular complexity index is 257. The van der Waals surface area contributed by atoms with Gasteiger partial charge in [-0.25, -0.2) is 0 Å². The topological polar surface area (TPSA) is 26.3 Å². The summed E-state index contributed by atoms with van der Waals surface area (Å²) in [5.41, 5.74) is 0. The first-order valence-corrected chi connectivity index (χ1v) is 8.30. The van der Waals surface area contributed by atoms with Gasteiger partial charge in [0.1, 0.15) is 6.61 Å². The highest BCUT2D eigenvalue weighted by Gasteiger charge is 2.26. The van der Waals surface area contributed by atoms with Crippen molar-refractivity contribution < 1.29 is 22.7 Å². The van der Waals surface area contributed by atoms with E-state index in [-0.39, 0.29) is 12.4 Å². The highest BCUT2D eigenvalue weighted by molar-refractivity contribution is 7.99. The zero-order valence-electron chi connectivity index (χ0n) is 12.3. The van der Waals surface area contributed by atoms with Gasteiger partial charge in [0.15, 0.2) is 0 Å². The van der Waals surface area contributed by atoms with Crippen LogP contribution in [0.4, 0.5) is 13.2 Å². The van der Waals surface area contributed by atoms with Crippen molar-refractivity contribution in [2.45, 2.75) is 58.5 Å². The van der Waals surface area contributed by atoms with E-state index in [9.17, 15) is 18.0 Å². The summed E-state index contributed by atoms with van der Waals surface area (Å²) in [5, 5.41) is 0. The van der Waals surface area contributed by atoms with Crippen molar-refractivity contribution in [3.8, 4) is 0 Å². The van der Waals surface area contributed by atoms with E-state index in [4.69, 9.17) is 4.74 Å². The molecule has 0 aliphatic rings. The van der Waals surface area contributed by atoms with Crippen LogP contribution in [0.2, 0.25) is 0 Å². The maximum absolute atomic E-state index is 12.0. The van der Waals surface area contributed by atoms with Crippen molar-refractivity contribution in [3.05, 3.63) is 0 Å². The third kappa shape index (κ3) is 14.0. The van der Waals surface area contributed by atoms with Gasteiger partial charge in [0, 0.05) is 18.6 Å². The monoisotopic (exact) mass is 314 g/mol. The maximum atomic E-state index is 12.0. The average molecular weight is 314 g/mol. The normalized spacial score (nSPS) is 13.2. The van der Waals surface area contributed by atoms with E-state index in [1.807, 2.05) is 13.8 Å². The second-order valence-corrected chi connectivity index (χ2v) is 6.21. The summed E-state index contributed by atoms with van der Waals surface area (Å²) in [6, 6.07) is 0. The molecule has 0 saturated carbocycles. The van der Waals surface area contributed by atoms with Crippen LogP contribution in [0.15, 0.2) is 0 Å². The van der Waals surface area contributed by atoms with Crippen molar-refractivity contribution in [3.63, 3.8) is 0 Å². The SMILES string of the molecule is CCCC(=O)OCCSCCC(C)CCCC(F)(F)F. The van der Waals surface area contributed by atoms with Gasteiger partial charge in [0.25, 0.3) is 0 Å². The summed E-state index contributed by atoms with van der Waals surface area (Å²) in [6.07, 6.45) is -1.72. The number of hydrogen-bond donors (Lipinski definition) is 0. The zero-order valence-corrected chi connectivity index (χ0v) is 13.1. The number of esters is 1. The minimum Gasteiger partial charge on any atom is -0.465 e. The third-order valence-electron chi connectivity index (χ3n) is 2.86. The van der Waals surface area contributed by atoms with Crippen LogP contribution in [0.1, 0.15) is 52.4 Å². The van der Waals surface area contributed by atoms with Crippen molar-refractivity contribution in [1.29, 1.82) is 0 Å². The van der Waals surface area contributed by atoms with Gasteiger partial charge < -0.3 is 4.74 Å². The predicted molar refractivity (Wildman–Crippen MR) is 76.9 cm³/mol. The molecule has 0 aromatic heterocycles. The molecule has 1 atom stereocenters. The lowest BCUT2D eigenvalue weighted by molar-refractivity contribution is -0.143. The predicted octanol–water partition coefficient (Wildman–Crippen LogP) is 4.82. The van der Waals surface area contributed by atoms with E-state index >= 15 is 0 Å². The van der Waals surface area contributed by atoms with Gasteiger partial charge in [-0.15, -0.1) is 0 Å². The molecule has 0 aromatic carbocycles. The van der Waals surface area contributed by atoms with Crippen LogP contribution >= 0.6 is 11.8 Å². The Morgan fingerprint density at radius 2 is 1.95 bits per heavy atom. The number of alkyl halides is 3. The first-order valence-electron chi connectivity index (χ1n) is 7.15. The molecular weight excluding hydrogens is 289 g/mol. The van der Waals surface area contributed by atoms with E-state index in [1.54, 1.807) is 11.8 Å². The maximum Gasteiger partial charge on any atom is 0.389 e. The summed E-state index contributed by atoms with van der Waals surface area (Å²) >= 11 is 1.68. The van der Waals surface area contributed by atoms with E-state index in [0.29, 0.717) is 25.4 Å². The molecule has 0 aromatic rings. The molecule has 0 amide bonds. The Kier molecular flexibility index (Phi) is 11.1. The van der Waals surface area contributed by atoms with Crippen molar-refractivity contribution in [2.75, 3.05) is 18.1 Å². The molecule has 0 aliphatic carbocycles. The van der Waals surface area contributed by atoms with Crippen LogP contribution in [0.3, 0.4) is 0 Å². The zero-order chi connectivity index (χ0) is 15.4. The number of hydrogen-bond acceptors (Lipinski definition) is 3. The molecule has 20 heavy (non-hydrogen) atoms. The largest absolute Gasteiger partial charge is 0.465 e. The lowest BCUT2D eigenvalue weighted by atomic mass is 10.0. The summed E-state index contributed by atoms with van der Waals surface area (Å²) in [7, 11) is 0. The second kappa shape index (κ2) is 11.3. The molecule has 0 radical (unpaired) electrons. The van der Waals surface area contributed by atoms with Crippen LogP contribution in [0.25, 0.3) is 0 Å². The second-order valence-electron chi connectivity index (χ2n) is 4.98. The van der Waals surface area contributed by atoms with Gasteiger partial charge >= 0.3 is 12.1 Å². The lowest BCUT2D eigenvalue weighted by Crippen LogP contribution is -2.08. The fraction of sp³-hybridized carbons (Fsp3) is 0.929. The van der Waals surface area contributed by atoms with Gasteiger partial charge in [-0.3, -0.25) is 4.79 Å². The van der Waals surface area contributed by atoms with E-state index in [2.05, 4.69) is 0 Å².